The van der Waals surface area contributed by atoms with Gasteiger partial charge in [-0.3, -0.25) is 0 Å². The predicted octanol–water partition coefficient (Wildman–Crippen LogP) is 3.74. The Morgan fingerprint density at radius 1 is 1.41 bits per heavy atom. The molecule has 0 heterocycles. The lowest BCUT2D eigenvalue weighted by atomic mass is 10.2. The Balaban J connectivity index is 1.95. The Morgan fingerprint density at radius 2 is 2.24 bits per heavy atom. The molecule has 1 saturated carbocycles. The average molecular weight is 298 g/mol. The maximum Gasteiger partial charge on any atom is 0.137 e. The normalized spacial score (nSPS) is 14.9. The molecule has 1 fully saturated rings. The highest BCUT2D eigenvalue weighted by atomic mass is 79.9. The van der Waals surface area contributed by atoms with Crippen LogP contribution < -0.4 is 10.1 Å². The number of hydrogen-bond acceptors (Lipinski definition) is 2. The predicted molar refractivity (Wildman–Crippen MR) is 74.4 cm³/mol. The summed E-state index contributed by atoms with van der Waals surface area (Å²) in [5.41, 5.74) is 1.23. The fourth-order valence-electron chi connectivity index (χ4n) is 1.85. The van der Waals surface area contributed by atoms with Crippen LogP contribution in [0.5, 0.6) is 5.75 Å². The summed E-state index contributed by atoms with van der Waals surface area (Å²) < 4.78 is 6.99. The smallest absolute Gasteiger partial charge is 0.137 e. The molecule has 2 nitrogen and oxygen atoms in total. The second-order valence-electron chi connectivity index (χ2n) is 4.59. The first-order chi connectivity index (χ1) is 8.31. The number of hydrogen-bond donors (Lipinski definition) is 1. The van der Waals surface area contributed by atoms with Crippen LogP contribution in [0.4, 0.5) is 0 Å². The van der Waals surface area contributed by atoms with Crippen molar-refractivity contribution in [1.82, 2.24) is 5.32 Å². The van der Waals surface area contributed by atoms with Crippen molar-refractivity contribution in [1.29, 1.82) is 0 Å². The molecule has 0 spiro atoms. The summed E-state index contributed by atoms with van der Waals surface area (Å²) in [6, 6.07) is 6.23. The number of ether oxygens (including phenoxy) is 1. The van der Waals surface area contributed by atoms with Crippen LogP contribution in [0.15, 0.2) is 22.7 Å². The molecule has 0 atom stereocenters. The van der Waals surface area contributed by atoms with Gasteiger partial charge in [-0.1, -0.05) is 31.9 Å². The third kappa shape index (κ3) is 4.00. The van der Waals surface area contributed by atoms with Crippen LogP contribution in [-0.4, -0.2) is 13.2 Å². The van der Waals surface area contributed by atoms with Gasteiger partial charge in [0.05, 0.1) is 11.1 Å². The van der Waals surface area contributed by atoms with Gasteiger partial charge >= 0.3 is 0 Å². The van der Waals surface area contributed by atoms with Crippen LogP contribution in [0.1, 0.15) is 31.7 Å². The molecule has 1 aromatic rings. The number of benzene rings is 1. The molecule has 3 heteroatoms. The fourth-order valence-corrected chi connectivity index (χ4v) is 2.37. The Bertz CT molecular complexity index is 363. The number of nitrogens with one attached hydrogen (secondary N) is 1. The van der Waals surface area contributed by atoms with Crippen LogP contribution in [0, 0.1) is 5.92 Å². The molecular formula is C14H20BrNO. The van der Waals surface area contributed by atoms with E-state index in [1.54, 1.807) is 0 Å². The van der Waals surface area contributed by atoms with E-state index in [1.165, 1.54) is 24.8 Å². The lowest BCUT2D eigenvalue weighted by Gasteiger charge is -2.13. The summed E-state index contributed by atoms with van der Waals surface area (Å²) in [5, 5.41) is 3.34. The van der Waals surface area contributed by atoms with Crippen molar-refractivity contribution < 1.29 is 4.74 Å². The van der Waals surface area contributed by atoms with Crippen molar-refractivity contribution in [3.63, 3.8) is 0 Å². The monoisotopic (exact) mass is 297 g/mol. The first-order valence-electron chi connectivity index (χ1n) is 6.42. The molecule has 0 radical (unpaired) electrons. The molecule has 0 bridgehead atoms. The minimum absolute atomic E-state index is 0.840. The minimum atomic E-state index is 0.840. The zero-order chi connectivity index (χ0) is 12.1. The zero-order valence-electron chi connectivity index (χ0n) is 10.3. The van der Waals surface area contributed by atoms with Gasteiger partial charge < -0.3 is 10.1 Å². The van der Waals surface area contributed by atoms with Crippen molar-refractivity contribution in [2.45, 2.75) is 32.7 Å². The van der Waals surface area contributed by atoms with E-state index in [0.29, 0.717) is 0 Å². The van der Waals surface area contributed by atoms with E-state index in [2.05, 4.69) is 40.3 Å². The lowest BCUT2D eigenvalue weighted by molar-refractivity contribution is 0.297. The maximum absolute atomic E-state index is 5.93. The zero-order valence-corrected chi connectivity index (χ0v) is 11.9. The first-order valence-corrected chi connectivity index (χ1v) is 7.21. The topological polar surface area (TPSA) is 21.3 Å². The second-order valence-corrected chi connectivity index (χ2v) is 5.44. The molecule has 0 unspecified atom stereocenters. The van der Waals surface area contributed by atoms with E-state index in [-0.39, 0.29) is 0 Å². The van der Waals surface area contributed by atoms with Crippen LogP contribution in [-0.2, 0) is 6.54 Å². The summed E-state index contributed by atoms with van der Waals surface area (Å²) in [4.78, 5) is 0. The largest absolute Gasteiger partial charge is 0.492 e. The minimum Gasteiger partial charge on any atom is -0.492 e. The van der Waals surface area contributed by atoms with E-state index in [0.717, 1.165) is 35.8 Å². The molecule has 17 heavy (non-hydrogen) atoms. The molecule has 1 aliphatic carbocycles. The standard InChI is InChI=1S/C14H20BrNO/c1-2-16-10-12-4-3-5-13(15)14(12)17-9-8-11-6-7-11/h3-5,11,16H,2,6-10H2,1H3. The SMILES string of the molecule is CCNCc1cccc(Br)c1OCCC1CC1. The molecule has 0 aromatic heterocycles. The molecule has 0 amide bonds. The van der Waals surface area contributed by atoms with Crippen molar-refractivity contribution in [3.8, 4) is 5.75 Å². The lowest BCUT2D eigenvalue weighted by Crippen LogP contribution is -2.13. The highest BCUT2D eigenvalue weighted by Gasteiger charge is 2.21. The third-order valence-corrected chi connectivity index (χ3v) is 3.71. The van der Waals surface area contributed by atoms with Crippen LogP contribution in [0.2, 0.25) is 0 Å². The summed E-state index contributed by atoms with van der Waals surface area (Å²) >= 11 is 3.57. The van der Waals surface area contributed by atoms with Gasteiger partial charge in [0.2, 0.25) is 0 Å². The van der Waals surface area contributed by atoms with Crippen molar-refractivity contribution in [2.75, 3.05) is 13.2 Å². The quantitative estimate of drug-likeness (QED) is 0.828. The summed E-state index contributed by atoms with van der Waals surface area (Å²) in [7, 11) is 0. The van der Waals surface area contributed by atoms with Crippen LogP contribution in [0.3, 0.4) is 0 Å². The Hall–Kier alpha value is -0.540. The molecule has 0 saturated heterocycles. The Labute approximate surface area is 112 Å². The van der Waals surface area contributed by atoms with Gasteiger partial charge in [0.1, 0.15) is 5.75 Å². The van der Waals surface area contributed by atoms with E-state index >= 15 is 0 Å². The maximum atomic E-state index is 5.93. The first kappa shape index (κ1) is 12.9. The molecular weight excluding hydrogens is 278 g/mol. The molecule has 0 aliphatic heterocycles. The van der Waals surface area contributed by atoms with Crippen LogP contribution in [0.25, 0.3) is 0 Å². The van der Waals surface area contributed by atoms with Gasteiger partial charge in [-0.2, -0.15) is 0 Å². The molecule has 1 aromatic carbocycles. The molecule has 94 valence electrons. The fraction of sp³-hybridized carbons (Fsp3) is 0.571. The number of para-hydroxylation sites is 1. The van der Waals surface area contributed by atoms with Gasteiger partial charge in [0, 0.05) is 12.1 Å². The average Bonchev–Trinajstić information content (AvgIpc) is 3.13. The highest BCUT2D eigenvalue weighted by molar-refractivity contribution is 9.10. The summed E-state index contributed by atoms with van der Waals surface area (Å²) in [5.74, 6) is 1.93. The Kier molecular flexibility index (Phi) is 4.86. The van der Waals surface area contributed by atoms with E-state index in [4.69, 9.17) is 4.74 Å². The van der Waals surface area contributed by atoms with E-state index in [9.17, 15) is 0 Å². The summed E-state index contributed by atoms with van der Waals surface area (Å²) in [6.07, 6.45) is 3.98. The highest BCUT2D eigenvalue weighted by Crippen LogP contribution is 2.34. The van der Waals surface area contributed by atoms with Crippen molar-refractivity contribution >= 4 is 15.9 Å². The van der Waals surface area contributed by atoms with E-state index < -0.39 is 0 Å². The summed E-state index contributed by atoms with van der Waals surface area (Å²) in [6.45, 7) is 4.81. The van der Waals surface area contributed by atoms with Gasteiger partial charge in [0.15, 0.2) is 0 Å². The van der Waals surface area contributed by atoms with Gasteiger partial charge in [-0.15, -0.1) is 0 Å². The number of halogens is 1. The van der Waals surface area contributed by atoms with Crippen LogP contribution >= 0.6 is 15.9 Å². The Morgan fingerprint density at radius 3 is 2.94 bits per heavy atom. The van der Waals surface area contributed by atoms with Crippen molar-refractivity contribution in [2.24, 2.45) is 5.92 Å². The molecule has 1 N–H and O–H groups in total. The second kappa shape index (κ2) is 6.41. The van der Waals surface area contributed by atoms with Gasteiger partial charge in [-0.05, 0) is 40.9 Å². The third-order valence-electron chi connectivity index (χ3n) is 3.08. The van der Waals surface area contributed by atoms with Gasteiger partial charge in [-0.25, -0.2) is 0 Å². The molecule has 1 aliphatic rings. The molecule has 2 rings (SSSR count). The number of rotatable bonds is 7. The van der Waals surface area contributed by atoms with E-state index in [1.807, 2.05) is 6.07 Å². The van der Waals surface area contributed by atoms with Gasteiger partial charge in [0.25, 0.3) is 0 Å². The van der Waals surface area contributed by atoms with Crippen molar-refractivity contribution in [3.05, 3.63) is 28.2 Å².